The number of rotatable bonds is 2. The zero-order chi connectivity index (χ0) is 13.1. The van der Waals surface area contributed by atoms with Crippen LogP contribution in [-0.2, 0) is 0 Å². The van der Waals surface area contributed by atoms with Gasteiger partial charge in [-0.05, 0) is 42.5 Å². The molecule has 2 rings (SSSR count). The first kappa shape index (κ1) is 12.0. The van der Waals surface area contributed by atoms with E-state index in [2.05, 4.69) is 5.32 Å². The molecule has 92 valence electrons. The number of anilines is 2. The van der Waals surface area contributed by atoms with E-state index in [1.54, 1.807) is 0 Å². The van der Waals surface area contributed by atoms with Crippen LogP contribution < -0.4 is 11.1 Å². The Labute approximate surface area is 102 Å². The van der Waals surface area contributed by atoms with Crippen molar-refractivity contribution in [3.05, 3.63) is 59.7 Å². The first-order valence-corrected chi connectivity index (χ1v) is 5.18. The Morgan fingerprint density at radius 3 is 2.22 bits per heavy atom. The normalized spacial score (nSPS) is 10.1. The molecule has 0 atom stereocenters. The quantitative estimate of drug-likeness (QED) is 0.803. The van der Waals surface area contributed by atoms with Crippen molar-refractivity contribution in [1.82, 2.24) is 0 Å². The van der Waals surface area contributed by atoms with Gasteiger partial charge in [-0.3, -0.25) is 4.79 Å². The van der Waals surface area contributed by atoms with Gasteiger partial charge in [-0.1, -0.05) is 0 Å². The van der Waals surface area contributed by atoms with Crippen molar-refractivity contribution >= 4 is 17.3 Å². The predicted octanol–water partition coefficient (Wildman–Crippen LogP) is 2.80. The Hall–Kier alpha value is -2.43. The number of hydrogen-bond acceptors (Lipinski definition) is 2. The van der Waals surface area contributed by atoms with Gasteiger partial charge in [0.05, 0.1) is 11.4 Å². The fourth-order valence-electron chi connectivity index (χ4n) is 1.44. The van der Waals surface area contributed by atoms with Gasteiger partial charge in [-0.25, -0.2) is 8.78 Å². The average molecular weight is 248 g/mol. The monoisotopic (exact) mass is 248 g/mol. The molecule has 0 aliphatic carbocycles. The molecule has 0 unspecified atom stereocenters. The third-order valence-corrected chi connectivity index (χ3v) is 2.37. The maximum Gasteiger partial charge on any atom is 0.255 e. The van der Waals surface area contributed by atoms with E-state index in [1.807, 2.05) is 0 Å². The number of hydrogen-bond donors (Lipinski definition) is 2. The summed E-state index contributed by atoms with van der Waals surface area (Å²) < 4.78 is 25.5. The minimum absolute atomic E-state index is 0.130. The molecule has 1 amide bonds. The summed E-state index contributed by atoms with van der Waals surface area (Å²) in [6, 6.07) is 8.74. The highest BCUT2D eigenvalue weighted by Gasteiger charge is 2.08. The maximum absolute atomic E-state index is 12.8. The number of carbonyl (C=O) groups is 1. The largest absolute Gasteiger partial charge is 0.397 e. The van der Waals surface area contributed by atoms with Crippen molar-refractivity contribution in [2.24, 2.45) is 0 Å². The van der Waals surface area contributed by atoms with Gasteiger partial charge in [0.15, 0.2) is 0 Å². The molecule has 0 saturated heterocycles. The number of amides is 1. The highest BCUT2D eigenvalue weighted by molar-refractivity contribution is 6.05. The number of halogens is 2. The summed E-state index contributed by atoms with van der Waals surface area (Å²) in [5, 5.41) is 2.52. The molecule has 0 heterocycles. The van der Waals surface area contributed by atoms with Gasteiger partial charge in [0.25, 0.3) is 5.91 Å². The van der Waals surface area contributed by atoms with E-state index in [4.69, 9.17) is 5.73 Å². The van der Waals surface area contributed by atoms with E-state index < -0.39 is 17.5 Å². The molecule has 3 N–H and O–H groups in total. The summed E-state index contributed by atoms with van der Waals surface area (Å²) in [5.41, 5.74) is 6.29. The topological polar surface area (TPSA) is 55.1 Å². The molecule has 3 nitrogen and oxygen atoms in total. The number of nitrogens with one attached hydrogen (secondary N) is 1. The van der Waals surface area contributed by atoms with Crippen LogP contribution in [0.4, 0.5) is 20.2 Å². The number of carbonyl (C=O) groups excluding carboxylic acids is 1. The lowest BCUT2D eigenvalue weighted by Gasteiger charge is -2.08. The second-order valence-corrected chi connectivity index (χ2v) is 3.69. The van der Waals surface area contributed by atoms with Gasteiger partial charge in [-0.15, -0.1) is 0 Å². The summed E-state index contributed by atoms with van der Waals surface area (Å²) in [4.78, 5) is 11.8. The summed E-state index contributed by atoms with van der Waals surface area (Å²) >= 11 is 0. The molecule has 2 aromatic carbocycles. The Morgan fingerprint density at radius 1 is 1.00 bits per heavy atom. The number of benzene rings is 2. The summed E-state index contributed by atoms with van der Waals surface area (Å²) in [6.45, 7) is 0. The SMILES string of the molecule is Nc1cc(F)ccc1NC(=O)c1ccc(F)cc1. The van der Waals surface area contributed by atoms with Gasteiger partial charge in [-0.2, -0.15) is 0 Å². The van der Waals surface area contributed by atoms with Crippen LogP contribution in [0, 0.1) is 11.6 Å². The van der Waals surface area contributed by atoms with E-state index >= 15 is 0 Å². The summed E-state index contributed by atoms with van der Waals surface area (Å²) in [6.07, 6.45) is 0. The van der Waals surface area contributed by atoms with Crippen LogP contribution in [0.2, 0.25) is 0 Å². The van der Waals surface area contributed by atoms with Crippen LogP contribution in [0.3, 0.4) is 0 Å². The lowest BCUT2D eigenvalue weighted by atomic mass is 10.2. The van der Waals surface area contributed by atoms with Crippen molar-refractivity contribution in [3.63, 3.8) is 0 Å². The fraction of sp³-hybridized carbons (Fsp3) is 0. The Morgan fingerprint density at radius 2 is 1.61 bits per heavy atom. The van der Waals surface area contributed by atoms with Gasteiger partial charge < -0.3 is 11.1 Å². The van der Waals surface area contributed by atoms with E-state index in [-0.39, 0.29) is 5.69 Å². The molecular formula is C13H10F2N2O. The second kappa shape index (κ2) is 4.83. The van der Waals surface area contributed by atoms with Crippen molar-refractivity contribution < 1.29 is 13.6 Å². The summed E-state index contributed by atoms with van der Waals surface area (Å²) in [7, 11) is 0. The third-order valence-electron chi connectivity index (χ3n) is 2.37. The minimum Gasteiger partial charge on any atom is -0.397 e. The van der Waals surface area contributed by atoms with E-state index in [0.29, 0.717) is 11.3 Å². The van der Waals surface area contributed by atoms with Gasteiger partial charge >= 0.3 is 0 Å². The van der Waals surface area contributed by atoms with Crippen molar-refractivity contribution in [3.8, 4) is 0 Å². The van der Waals surface area contributed by atoms with Crippen LogP contribution in [0.1, 0.15) is 10.4 Å². The van der Waals surface area contributed by atoms with E-state index in [9.17, 15) is 13.6 Å². The highest BCUT2D eigenvalue weighted by Crippen LogP contribution is 2.19. The lowest BCUT2D eigenvalue weighted by Crippen LogP contribution is -2.13. The van der Waals surface area contributed by atoms with Gasteiger partial charge in [0.1, 0.15) is 11.6 Å². The standard InChI is InChI=1S/C13H10F2N2O/c14-9-3-1-8(2-4-9)13(18)17-12-6-5-10(15)7-11(12)16/h1-7H,16H2,(H,17,18). The summed E-state index contributed by atoms with van der Waals surface area (Å²) in [5.74, 6) is -1.34. The average Bonchev–Trinajstić information content (AvgIpc) is 2.33. The molecule has 0 fully saturated rings. The molecular weight excluding hydrogens is 238 g/mol. The van der Waals surface area contributed by atoms with Crippen LogP contribution in [0.25, 0.3) is 0 Å². The Balaban J connectivity index is 2.18. The second-order valence-electron chi connectivity index (χ2n) is 3.69. The molecule has 0 radical (unpaired) electrons. The maximum atomic E-state index is 12.8. The van der Waals surface area contributed by atoms with Gasteiger partial charge in [0.2, 0.25) is 0 Å². The van der Waals surface area contributed by atoms with Crippen molar-refractivity contribution in [2.75, 3.05) is 11.1 Å². The number of nitrogen functional groups attached to an aromatic ring is 1. The molecule has 0 aromatic heterocycles. The van der Waals surface area contributed by atoms with Gasteiger partial charge in [0, 0.05) is 5.56 Å². The lowest BCUT2D eigenvalue weighted by molar-refractivity contribution is 0.102. The van der Waals surface area contributed by atoms with E-state index in [1.165, 1.54) is 36.4 Å². The van der Waals surface area contributed by atoms with Crippen LogP contribution in [-0.4, -0.2) is 5.91 Å². The zero-order valence-electron chi connectivity index (χ0n) is 9.28. The fourth-order valence-corrected chi connectivity index (χ4v) is 1.44. The van der Waals surface area contributed by atoms with Crippen molar-refractivity contribution in [1.29, 1.82) is 0 Å². The Bertz CT molecular complexity index is 582. The van der Waals surface area contributed by atoms with Crippen LogP contribution >= 0.6 is 0 Å². The molecule has 2 aromatic rings. The van der Waals surface area contributed by atoms with Crippen molar-refractivity contribution in [2.45, 2.75) is 0 Å². The highest BCUT2D eigenvalue weighted by atomic mass is 19.1. The molecule has 0 bridgehead atoms. The van der Waals surface area contributed by atoms with Crippen LogP contribution in [0.15, 0.2) is 42.5 Å². The molecule has 0 aliphatic heterocycles. The number of nitrogens with two attached hydrogens (primary N) is 1. The van der Waals surface area contributed by atoms with E-state index in [0.717, 1.165) is 6.07 Å². The molecule has 5 heteroatoms. The zero-order valence-corrected chi connectivity index (χ0v) is 9.28. The van der Waals surface area contributed by atoms with Crippen LogP contribution in [0.5, 0.6) is 0 Å². The predicted molar refractivity (Wildman–Crippen MR) is 65.2 cm³/mol. The third kappa shape index (κ3) is 2.63. The first-order valence-electron chi connectivity index (χ1n) is 5.18. The molecule has 0 aliphatic rings. The molecule has 0 saturated carbocycles. The Kier molecular flexibility index (Phi) is 3.23. The smallest absolute Gasteiger partial charge is 0.255 e. The molecule has 0 spiro atoms. The first-order chi connectivity index (χ1) is 8.56. The molecule has 18 heavy (non-hydrogen) atoms. The minimum atomic E-state index is -0.479.